The summed E-state index contributed by atoms with van der Waals surface area (Å²) in [7, 11) is -0.309. The van der Waals surface area contributed by atoms with Gasteiger partial charge >= 0.3 is 0 Å². The lowest BCUT2D eigenvalue weighted by Gasteiger charge is -2.25. The first-order valence-corrected chi connectivity index (χ1v) is 8.13. The van der Waals surface area contributed by atoms with Gasteiger partial charge in [-0.05, 0) is 12.5 Å². The van der Waals surface area contributed by atoms with Gasteiger partial charge in [0, 0.05) is 52.7 Å². The maximum absolute atomic E-state index is 12.2. The molecule has 0 radical (unpaired) electrons. The number of nitrogens with zero attached hydrogens (tertiary/aromatic N) is 5. The molecule has 0 N–H and O–H groups in total. The van der Waals surface area contributed by atoms with Gasteiger partial charge in [0.1, 0.15) is 6.07 Å². The summed E-state index contributed by atoms with van der Waals surface area (Å²) in [6, 6.07) is 3.93. The zero-order valence-corrected chi connectivity index (χ0v) is 13.0. The van der Waals surface area contributed by atoms with Crippen LogP contribution in [-0.2, 0) is 10.2 Å². The zero-order valence-electron chi connectivity index (χ0n) is 12.2. The molecule has 0 saturated carbocycles. The molecular weight excluding hydrogens is 290 g/mol. The predicted octanol–water partition coefficient (Wildman–Crippen LogP) is 0.272. The van der Waals surface area contributed by atoms with Crippen molar-refractivity contribution in [3.8, 4) is 6.07 Å². The zero-order chi connectivity index (χ0) is 15.5. The van der Waals surface area contributed by atoms with Gasteiger partial charge in [0.15, 0.2) is 0 Å². The Morgan fingerprint density at radius 3 is 2.71 bits per heavy atom. The molecule has 8 heteroatoms. The van der Waals surface area contributed by atoms with E-state index in [1.165, 1.54) is 28.9 Å². The summed E-state index contributed by atoms with van der Waals surface area (Å²) in [5.74, 6) is 0. The van der Waals surface area contributed by atoms with Crippen LogP contribution in [0.15, 0.2) is 18.5 Å². The van der Waals surface area contributed by atoms with Gasteiger partial charge in [-0.2, -0.15) is 22.3 Å². The Balaban J connectivity index is 2.17. The topological polar surface area (TPSA) is 80.5 Å². The molecule has 0 bridgehead atoms. The van der Waals surface area contributed by atoms with Crippen LogP contribution in [0.1, 0.15) is 12.0 Å². The minimum atomic E-state index is -3.38. The van der Waals surface area contributed by atoms with Gasteiger partial charge in [-0.15, -0.1) is 0 Å². The number of anilines is 1. The third-order valence-corrected chi connectivity index (χ3v) is 5.44. The minimum absolute atomic E-state index is 0.410. The number of rotatable bonds is 3. The summed E-state index contributed by atoms with van der Waals surface area (Å²) in [4.78, 5) is 6.00. The van der Waals surface area contributed by atoms with Gasteiger partial charge in [-0.3, -0.25) is 4.98 Å². The number of pyridine rings is 1. The Labute approximate surface area is 125 Å². The molecule has 114 valence electrons. The number of hydrogen-bond acceptors (Lipinski definition) is 5. The summed E-state index contributed by atoms with van der Waals surface area (Å²) in [5.41, 5.74) is 1.33. The van der Waals surface area contributed by atoms with Crippen molar-refractivity contribution in [1.82, 2.24) is 13.6 Å². The van der Waals surface area contributed by atoms with E-state index < -0.39 is 10.2 Å². The fourth-order valence-corrected chi connectivity index (χ4v) is 3.48. The molecule has 0 amide bonds. The van der Waals surface area contributed by atoms with Crippen LogP contribution in [0.4, 0.5) is 5.69 Å². The maximum Gasteiger partial charge on any atom is 0.281 e. The lowest BCUT2D eigenvalue weighted by Crippen LogP contribution is -2.42. The molecule has 1 aromatic heterocycles. The summed E-state index contributed by atoms with van der Waals surface area (Å²) >= 11 is 0. The first-order valence-electron chi connectivity index (χ1n) is 6.73. The molecule has 2 rings (SSSR count). The highest BCUT2D eigenvalue weighted by atomic mass is 32.2. The van der Waals surface area contributed by atoms with Gasteiger partial charge in [-0.25, -0.2) is 0 Å². The second kappa shape index (κ2) is 6.39. The van der Waals surface area contributed by atoms with E-state index in [1.54, 1.807) is 12.3 Å². The third-order valence-electron chi connectivity index (χ3n) is 3.50. The van der Waals surface area contributed by atoms with Crippen molar-refractivity contribution in [3.05, 3.63) is 24.0 Å². The van der Waals surface area contributed by atoms with Gasteiger partial charge in [0.05, 0.1) is 11.3 Å². The molecule has 0 aromatic carbocycles. The largest absolute Gasteiger partial charge is 0.369 e. The summed E-state index contributed by atoms with van der Waals surface area (Å²) in [6.45, 7) is 2.18. The van der Waals surface area contributed by atoms with E-state index in [2.05, 4.69) is 11.1 Å². The lowest BCUT2D eigenvalue weighted by atomic mass is 10.2. The van der Waals surface area contributed by atoms with E-state index in [0.29, 0.717) is 25.2 Å². The fourth-order valence-electron chi connectivity index (χ4n) is 2.35. The van der Waals surface area contributed by atoms with E-state index in [9.17, 15) is 8.42 Å². The van der Waals surface area contributed by atoms with Gasteiger partial charge in [0.25, 0.3) is 10.2 Å². The quantitative estimate of drug-likeness (QED) is 0.801. The molecule has 0 aliphatic carbocycles. The Bertz CT molecular complexity index is 638. The molecule has 1 aliphatic heterocycles. The normalized spacial score (nSPS) is 17.5. The maximum atomic E-state index is 12.2. The molecule has 0 spiro atoms. The second-order valence-corrected chi connectivity index (χ2v) is 7.18. The van der Waals surface area contributed by atoms with Crippen molar-refractivity contribution in [1.29, 1.82) is 5.26 Å². The molecular formula is C13H19N5O2S. The Morgan fingerprint density at radius 1 is 1.29 bits per heavy atom. The Morgan fingerprint density at radius 2 is 2.05 bits per heavy atom. The number of aromatic nitrogens is 1. The molecule has 0 unspecified atom stereocenters. The van der Waals surface area contributed by atoms with Gasteiger partial charge in [-0.1, -0.05) is 0 Å². The van der Waals surface area contributed by atoms with Crippen molar-refractivity contribution in [2.75, 3.05) is 45.2 Å². The average molecular weight is 309 g/mol. The highest BCUT2D eigenvalue weighted by Gasteiger charge is 2.27. The first kappa shape index (κ1) is 15.7. The predicted molar refractivity (Wildman–Crippen MR) is 80.0 cm³/mol. The van der Waals surface area contributed by atoms with Crippen LogP contribution in [0.3, 0.4) is 0 Å². The highest BCUT2D eigenvalue weighted by Crippen LogP contribution is 2.21. The van der Waals surface area contributed by atoms with E-state index >= 15 is 0 Å². The van der Waals surface area contributed by atoms with Crippen molar-refractivity contribution in [2.24, 2.45) is 0 Å². The molecule has 21 heavy (non-hydrogen) atoms. The molecule has 1 aromatic rings. The molecule has 2 heterocycles. The third kappa shape index (κ3) is 3.32. The van der Waals surface area contributed by atoms with Crippen LogP contribution in [0.2, 0.25) is 0 Å². The summed E-state index contributed by atoms with van der Waals surface area (Å²) in [6.07, 6.45) is 3.91. The van der Waals surface area contributed by atoms with Crippen LogP contribution in [0.5, 0.6) is 0 Å². The number of hydrogen-bond donors (Lipinski definition) is 0. The van der Waals surface area contributed by atoms with Crippen molar-refractivity contribution >= 4 is 15.9 Å². The van der Waals surface area contributed by atoms with Crippen LogP contribution in [0.25, 0.3) is 0 Å². The smallest absolute Gasteiger partial charge is 0.281 e. The molecule has 0 atom stereocenters. The van der Waals surface area contributed by atoms with Gasteiger partial charge < -0.3 is 4.90 Å². The average Bonchev–Trinajstić information content (AvgIpc) is 2.73. The monoisotopic (exact) mass is 309 g/mol. The Kier molecular flexibility index (Phi) is 4.77. The molecule has 1 saturated heterocycles. The van der Waals surface area contributed by atoms with E-state index in [0.717, 1.165) is 18.7 Å². The van der Waals surface area contributed by atoms with Crippen molar-refractivity contribution in [3.63, 3.8) is 0 Å². The van der Waals surface area contributed by atoms with Crippen LogP contribution in [0, 0.1) is 11.3 Å². The summed E-state index contributed by atoms with van der Waals surface area (Å²) < 4.78 is 27.1. The second-order valence-electron chi connectivity index (χ2n) is 5.03. The van der Waals surface area contributed by atoms with Crippen LogP contribution >= 0.6 is 0 Å². The van der Waals surface area contributed by atoms with Gasteiger partial charge in [0.2, 0.25) is 0 Å². The first-order chi connectivity index (χ1) is 9.96. The van der Waals surface area contributed by atoms with Crippen LogP contribution in [-0.4, -0.2) is 62.3 Å². The van der Waals surface area contributed by atoms with Crippen molar-refractivity contribution in [2.45, 2.75) is 6.42 Å². The molecule has 7 nitrogen and oxygen atoms in total. The highest BCUT2D eigenvalue weighted by molar-refractivity contribution is 7.86. The lowest BCUT2D eigenvalue weighted by molar-refractivity contribution is 0.391. The van der Waals surface area contributed by atoms with E-state index in [-0.39, 0.29) is 0 Å². The Hall–Kier alpha value is -1.69. The molecule has 1 aliphatic rings. The fraction of sp³-hybridized carbons (Fsp3) is 0.538. The minimum Gasteiger partial charge on any atom is -0.369 e. The van der Waals surface area contributed by atoms with E-state index in [4.69, 9.17) is 5.26 Å². The van der Waals surface area contributed by atoms with Crippen molar-refractivity contribution < 1.29 is 8.42 Å². The van der Waals surface area contributed by atoms with E-state index in [1.807, 2.05) is 4.90 Å². The summed E-state index contributed by atoms with van der Waals surface area (Å²) in [5, 5.41) is 9.14. The standard InChI is InChI=1S/C13H19N5O2S/c1-16(2)21(19,20)18-7-3-6-17(8-9-18)13-4-5-15-11-12(13)10-14/h4-5,11H,3,6-9H2,1-2H3. The SMILES string of the molecule is CN(C)S(=O)(=O)N1CCCN(c2ccncc2C#N)CC1. The number of nitriles is 1. The molecule has 1 fully saturated rings. The van der Waals surface area contributed by atoms with Crippen LogP contribution < -0.4 is 4.90 Å².